The molecule has 1 heterocycles. The third-order valence-corrected chi connectivity index (χ3v) is 6.28. The molecule has 0 fully saturated rings. The van der Waals surface area contributed by atoms with Crippen LogP contribution in [-0.4, -0.2) is 25.9 Å². The molecule has 102 valence electrons. The first kappa shape index (κ1) is 15.1. The highest BCUT2D eigenvalue weighted by Gasteiger charge is 2.10. The van der Waals surface area contributed by atoms with Crippen molar-refractivity contribution in [3.8, 4) is 0 Å². The zero-order valence-electron chi connectivity index (χ0n) is 9.51. The standard InChI is InChI=1S/C10H9Cl2N3OS3/c11-6-1-2-7(12)8(5-6)19(16)4-3-17-10-15-14-9(13)18-10/h1-2,5H,3-4H2,(H2,13,14)/t19-/m1/s1. The Kier molecular flexibility index (Phi) is 5.47. The second-order valence-corrected chi connectivity index (χ2v) is 8.11. The summed E-state index contributed by atoms with van der Waals surface area (Å²) in [7, 11) is -1.18. The lowest BCUT2D eigenvalue weighted by Crippen LogP contribution is -2.01. The maximum Gasteiger partial charge on any atom is 0.203 e. The molecule has 0 aliphatic heterocycles. The van der Waals surface area contributed by atoms with Gasteiger partial charge in [-0.15, -0.1) is 10.2 Å². The summed E-state index contributed by atoms with van der Waals surface area (Å²) in [5.41, 5.74) is 5.48. The average Bonchev–Trinajstić information content (AvgIpc) is 2.78. The summed E-state index contributed by atoms with van der Waals surface area (Å²) in [6, 6.07) is 4.95. The van der Waals surface area contributed by atoms with Gasteiger partial charge in [-0.2, -0.15) is 0 Å². The van der Waals surface area contributed by atoms with Gasteiger partial charge >= 0.3 is 0 Å². The second kappa shape index (κ2) is 6.90. The van der Waals surface area contributed by atoms with Crippen molar-refractivity contribution in [3.63, 3.8) is 0 Å². The molecule has 0 saturated heterocycles. The Hall–Kier alpha value is -0.340. The maximum atomic E-state index is 12.1. The van der Waals surface area contributed by atoms with E-state index in [-0.39, 0.29) is 0 Å². The fourth-order valence-corrected chi connectivity index (χ4v) is 4.92. The van der Waals surface area contributed by atoms with Crippen LogP contribution in [0.5, 0.6) is 0 Å². The van der Waals surface area contributed by atoms with Crippen molar-refractivity contribution in [1.82, 2.24) is 10.2 Å². The summed E-state index contributed by atoms with van der Waals surface area (Å²) in [5.74, 6) is 1.11. The highest BCUT2D eigenvalue weighted by molar-refractivity contribution is 8.01. The molecule has 0 spiro atoms. The van der Waals surface area contributed by atoms with Crippen LogP contribution >= 0.6 is 46.3 Å². The van der Waals surface area contributed by atoms with Gasteiger partial charge in [-0.3, -0.25) is 4.21 Å². The molecule has 2 rings (SSSR count). The van der Waals surface area contributed by atoms with E-state index in [0.29, 0.717) is 31.6 Å². The van der Waals surface area contributed by atoms with Crippen molar-refractivity contribution in [2.45, 2.75) is 9.24 Å². The van der Waals surface area contributed by atoms with Crippen molar-refractivity contribution in [2.75, 3.05) is 17.2 Å². The van der Waals surface area contributed by atoms with E-state index in [4.69, 9.17) is 28.9 Å². The van der Waals surface area contributed by atoms with E-state index in [1.54, 1.807) is 18.2 Å². The molecule has 9 heteroatoms. The van der Waals surface area contributed by atoms with Crippen molar-refractivity contribution in [2.24, 2.45) is 0 Å². The van der Waals surface area contributed by atoms with Crippen LogP contribution in [0, 0.1) is 0 Å². The number of nitrogens with two attached hydrogens (primary N) is 1. The molecule has 0 amide bonds. The van der Waals surface area contributed by atoms with Crippen LogP contribution in [0.1, 0.15) is 0 Å². The van der Waals surface area contributed by atoms with E-state index in [1.807, 2.05) is 0 Å². The zero-order chi connectivity index (χ0) is 13.8. The molecule has 0 aliphatic rings. The number of anilines is 1. The van der Waals surface area contributed by atoms with Gasteiger partial charge in [0.1, 0.15) is 0 Å². The number of halogens is 2. The largest absolute Gasteiger partial charge is 0.374 e. The first-order valence-electron chi connectivity index (χ1n) is 5.11. The molecular weight excluding hydrogens is 345 g/mol. The van der Waals surface area contributed by atoms with E-state index in [2.05, 4.69) is 10.2 Å². The second-order valence-electron chi connectivity index (χ2n) is 3.38. The quantitative estimate of drug-likeness (QED) is 0.834. The number of rotatable bonds is 5. The Labute approximate surface area is 131 Å². The van der Waals surface area contributed by atoms with Gasteiger partial charge in [-0.1, -0.05) is 46.3 Å². The summed E-state index contributed by atoms with van der Waals surface area (Å²) in [6.45, 7) is 0. The number of benzene rings is 1. The highest BCUT2D eigenvalue weighted by Crippen LogP contribution is 2.26. The van der Waals surface area contributed by atoms with E-state index in [9.17, 15) is 4.21 Å². The molecule has 0 bridgehead atoms. The molecule has 4 nitrogen and oxygen atoms in total. The van der Waals surface area contributed by atoms with Gasteiger partial charge in [0.15, 0.2) is 4.34 Å². The topological polar surface area (TPSA) is 68.9 Å². The number of nitrogens with zero attached hydrogens (tertiary/aromatic N) is 2. The predicted molar refractivity (Wildman–Crippen MR) is 82.8 cm³/mol. The number of thioether (sulfide) groups is 1. The Balaban J connectivity index is 1.92. The van der Waals surface area contributed by atoms with Gasteiger partial charge in [-0.25, -0.2) is 0 Å². The van der Waals surface area contributed by atoms with Gasteiger partial charge in [-0.05, 0) is 18.2 Å². The monoisotopic (exact) mass is 353 g/mol. The molecule has 2 aromatic rings. The van der Waals surface area contributed by atoms with Crippen LogP contribution in [0.2, 0.25) is 10.0 Å². The van der Waals surface area contributed by atoms with Crippen molar-refractivity contribution in [3.05, 3.63) is 28.2 Å². The Bertz CT molecular complexity index is 605. The van der Waals surface area contributed by atoms with Gasteiger partial charge in [0.2, 0.25) is 5.13 Å². The third-order valence-electron chi connectivity index (χ3n) is 2.05. The average molecular weight is 354 g/mol. The van der Waals surface area contributed by atoms with Gasteiger partial charge < -0.3 is 5.73 Å². The van der Waals surface area contributed by atoms with Crippen LogP contribution in [-0.2, 0) is 10.8 Å². The molecule has 1 aromatic heterocycles. The third kappa shape index (κ3) is 4.32. The van der Waals surface area contributed by atoms with Crippen LogP contribution in [0.15, 0.2) is 27.4 Å². The number of aromatic nitrogens is 2. The molecule has 0 aliphatic carbocycles. The van der Waals surface area contributed by atoms with E-state index >= 15 is 0 Å². The Morgan fingerprint density at radius 3 is 2.84 bits per heavy atom. The summed E-state index contributed by atoms with van der Waals surface area (Å²) in [5, 5.41) is 9.01. The van der Waals surface area contributed by atoms with Crippen molar-refractivity contribution in [1.29, 1.82) is 0 Å². The molecule has 0 unspecified atom stereocenters. The first-order valence-corrected chi connectivity index (χ1v) is 8.99. The molecule has 2 N–H and O–H groups in total. The van der Waals surface area contributed by atoms with Gasteiger partial charge in [0.25, 0.3) is 0 Å². The lowest BCUT2D eigenvalue weighted by Gasteiger charge is -2.04. The van der Waals surface area contributed by atoms with Crippen LogP contribution < -0.4 is 5.73 Å². The minimum atomic E-state index is -1.18. The highest BCUT2D eigenvalue weighted by atomic mass is 35.5. The summed E-state index contributed by atoms with van der Waals surface area (Å²) in [6.07, 6.45) is 0. The van der Waals surface area contributed by atoms with Crippen LogP contribution in [0.4, 0.5) is 5.13 Å². The van der Waals surface area contributed by atoms with Crippen LogP contribution in [0.3, 0.4) is 0 Å². The fourth-order valence-electron chi connectivity index (χ4n) is 1.25. The number of nitrogen functional groups attached to an aromatic ring is 1. The smallest absolute Gasteiger partial charge is 0.203 e. The minimum Gasteiger partial charge on any atom is -0.374 e. The molecule has 19 heavy (non-hydrogen) atoms. The molecular formula is C10H9Cl2N3OS3. The summed E-state index contributed by atoms with van der Waals surface area (Å²) in [4.78, 5) is 0.562. The Morgan fingerprint density at radius 2 is 2.16 bits per heavy atom. The van der Waals surface area contributed by atoms with Crippen LogP contribution in [0.25, 0.3) is 0 Å². The lowest BCUT2D eigenvalue weighted by atomic mass is 10.4. The number of hydrogen-bond acceptors (Lipinski definition) is 6. The number of hydrogen-bond donors (Lipinski definition) is 1. The predicted octanol–water partition coefficient (Wildman–Crippen LogP) is 3.33. The fraction of sp³-hybridized carbons (Fsp3) is 0.200. The molecule has 0 saturated carbocycles. The lowest BCUT2D eigenvalue weighted by molar-refractivity contribution is 0.684. The Morgan fingerprint density at radius 1 is 1.37 bits per heavy atom. The van der Waals surface area contributed by atoms with Gasteiger partial charge in [0.05, 0.1) is 20.7 Å². The summed E-state index contributed by atoms with van der Waals surface area (Å²) < 4.78 is 12.9. The SMILES string of the molecule is Nc1nnc(SCC[S@@](=O)c2cc(Cl)ccc2Cl)s1. The van der Waals surface area contributed by atoms with E-state index < -0.39 is 10.8 Å². The van der Waals surface area contributed by atoms with Gasteiger partial charge in [0, 0.05) is 16.5 Å². The summed E-state index contributed by atoms with van der Waals surface area (Å²) >= 11 is 14.6. The zero-order valence-corrected chi connectivity index (χ0v) is 13.5. The normalized spacial score (nSPS) is 12.5. The first-order chi connectivity index (χ1) is 9.06. The molecule has 1 aromatic carbocycles. The van der Waals surface area contributed by atoms with Crippen molar-refractivity contribution >= 4 is 62.2 Å². The molecule has 1 atom stereocenters. The minimum absolute atomic E-state index is 0.432. The van der Waals surface area contributed by atoms with Crippen molar-refractivity contribution < 1.29 is 4.21 Å². The van der Waals surface area contributed by atoms with E-state index in [0.717, 1.165) is 4.34 Å². The van der Waals surface area contributed by atoms with E-state index in [1.165, 1.54) is 23.1 Å². The maximum absolute atomic E-state index is 12.1. The molecule has 0 radical (unpaired) electrons.